The molecule has 152 valence electrons. The number of nitrogens with one attached hydrogen (secondary N) is 2. The van der Waals surface area contributed by atoms with Gasteiger partial charge in [-0.25, -0.2) is 9.78 Å². The number of amides is 2. The zero-order valence-corrected chi connectivity index (χ0v) is 17.2. The first kappa shape index (κ1) is 21.7. The molecule has 5 heteroatoms. The lowest BCUT2D eigenvalue weighted by Crippen LogP contribution is -2.20. The summed E-state index contributed by atoms with van der Waals surface area (Å²) >= 11 is 0. The summed E-state index contributed by atoms with van der Waals surface area (Å²) in [4.78, 5) is 16.2. The Morgan fingerprint density at radius 2 is 1.57 bits per heavy atom. The first-order valence-corrected chi connectivity index (χ1v) is 10.4. The Kier molecular flexibility index (Phi) is 9.91. The van der Waals surface area contributed by atoms with Crippen LogP contribution in [0.4, 0.5) is 16.3 Å². The van der Waals surface area contributed by atoms with Crippen molar-refractivity contribution in [2.24, 2.45) is 0 Å². The number of aromatic nitrogens is 1. The van der Waals surface area contributed by atoms with E-state index in [9.17, 15) is 4.79 Å². The molecule has 5 nitrogen and oxygen atoms in total. The Hall–Kier alpha value is -2.56. The number of aryl methyl sites for hydroxylation is 1. The van der Waals surface area contributed by atoms with Gasteiger partial charge < -0.3 is 10.1 Å². The van der Waals surface area contributed by atoms with Crippen molar-refractivity contribution in [3.63, 3.8) is 0 Å². The van der Waals surface area contributed by atoms with Crippen LogP contribution in [0.2, 0.25) is 0 Å². The maximum Gasteiger partial charge on any atom is 0.324 e. The van der Waals surface area contributed by atoms with Crippen LogP contribution in [0, 0.1) is 6.92 Å². The molecule has 0 atom stereocenters. The van der Waals surface area contributed by atoms with Crippen LogP contribution in [-0.2, 0) is 0 Å². The molecule has 0 bridgehead atoms. The molecule has 0 unspecified atom stereocenters. The van der Waals surface area contributed by atoms with E-state index in [1.807, 2.05) is 37.3 Å². The maximum absolute atomic E-state index is 12.0. The van der Waals surface area contributed by atoms with E-state index in [0.717, 1.165) is 24.3 Å². The number of carbonyl (C=O) groups excluding carboxylic acids is 1. The number of urea groups is 1. The van der Waals surface area contributed by atoms with E-state index in [-0.39, 0.29) is 6.03 Å². The highest BCUT2D eigenvalue weighted by atomic mass is 16.5. The third-order valence-electron chi connectivity index (χ3n) is 4.53. The highest BCUT2D eigenvalue weighted by Gasteiger charge is 2.04. The third-order valence-corrected chi connectivity index (χ3v) is 4.53. The first-order valence-electron chi connectivity index (χ1n) is 10.4. The molecule has 2 rings (SSSR count). The number of rotatable bonds is 12. The van der Waals surface area contributed by atoms with E-state index in [1.165, 1.54) is 44.9 Å². The fourth-order valence-electron chi connectivity index (χ4n) is 2.88. The zero-order chi connectivity index (χ0) is 20.0. The third kappa shape index (κ3) is 8.89. The van der Waals surface area contributed by atoms with Crippen molar-refractivity contribution < 1.29 is 9.53 Å². The van der Waals surface area contributed by atoms with Gasteiger partial charge in [-0.3, -0.25) is 5.32 Å². The standard InChI is InChI=1S/C23H33N3O2/c1-3-4-5-6-7-8-9-10-17-28-21-14-12-20(13-15-21)25-23(27)26-22-16-11-19(2)18-24-22/h11-16,18H,3-10,17H2,1-2H3,(H2,24,25,26,27). The van der Waals surface area contributed by atoms with Gasteiger partial charge in [0.15, 0.2) is 0 Å². The molecule has 0 aliphatic rings. The number of benzene rings is 1. The average Bonchev–Trinajstić information content (AvgIpc) is 2.70. The van der Waals surface area contributed by atoms with Crippen molar-refractivity contribution in [2.45, 2.75) is 65.2 Å². The topological polar surface area (TPSA) is 63.2 Å². The summed E-state index contributed by atoms with van der Waals surface area (Å²) in [5.74, 6) is 1.35. The summed E-state index contributed by atoms with van der Waals surface area (Å²) < 4.78 is 5.78. The molecule has 0 spiro atoms. The molecule has 2 N–H and O–H groups in total. The van der Waals surface area contributed by atoms with Gasteiger partial charge in [-0.15, -0.1) is 0 Å². The van der Waals surface area contributed by atoms with Gasteiger partial charge in [-0.2, -0.15) is 0 Å². The molecule has 1 aromatic heterocycles. The molecule has 0 aliphatic carbocycles. The van der Waals surface area contributed by atoms with Crippen LogP contribution in [0.5, 0.6) is 5.75 Å². The van der Waals surface area contributed by atoms with Crippen molar-refractivity contribution in [3.05, 3.63) is 48.2 Å². The average molecular weight is 384 g/mol. The predicted molar refractivity (Wildman–Crippen MR) is 116 cm³/mol. The predicted octanol–water partition coefficient (Wildman–Crippen LogP) is 6.55. The Labute approximate surface area is 168 Å². The largest absolute Gasteiger partial charge is 0.494 e. The van der Waals surface area contributed by atoms with Crippen LogP contribution in [0.3, 0.4) is 0 Å². The molecular formula is C23H33N3O2. The number of anilines is 2. The van der Waals surface area contributed by atoms with Gasteiger partial charge in [0.2, 0.25) is 0 Å². The minimum absolute atomic E-state index is 0.316. The fraction of sp³-hybridized carbons (Fsp3) is 0.478. The second kappa shape index (κ2) is 12.8. The summed E-state index contributed by atoms with van der Waals surface area (Å²) in [5, 5.41) is 5.50. The van der Waals surface area contributed by atoms with Crippen LogP contribution in [0.15, 0.2) is 42.6 Å². The Balaban J connectivity index is 1.60. The Bertz CT molecular complexity index is 684. The molecular weight excluding hydrogens is 350 g/mol. The molecule has 1 heterocycles. The second-order valence-corrected chi connectivity index (χ2v) is 7.15. The number of hydrogen-bond donors (Lipinski definition) is 2. The fourth-order valence-corrected chi connectivity index (χ4v) is 2.88. The molecule has 28 heavy (non-hydrogen) atoms. The van der Waals surface area contributed by atoms with Crippen LogP contribution in [-0.4, -0.2) is 17.6 Å². The first-order chi connectivity index (χ1) is 13.7. The summed E-state index contributed by atoms with van der Waals surface area (Å²) in [6.45, 7) is 4.94. The van der Waals surface area contributed by atoms with Crippen LogP contribution < -0.4 is 15.4 Å². The number of unbranched alkanes of at least 4 members (excludes halogenated alkanes) is 7. The Morgan fingerprint density at radius 1 is 0.893 bits per heavy atom. The molecule has 0 radical (unpaired) electrons. The maximum atomic E-state index is 12.0. The molecule has 0 fully saturated rings. The minimum Gasteiger partial charge on any atom is -0.494 e. The summed E-state index contributed by atoms with van der Waals surface area (Å²) in [7, 11) is 0. The SMILES string of the molecule is CCCCCCCCCCOc1ccc(NC(=O)Nc2ccc(C)cn2)cc1. The van der Waals surface area contributed by atoms with Crippen LogP contribution >= 0.6 is 0 Å². The van der Waals surface area contributed by atoms with Crippen molar-refractivity contribution in [1.29, 1.82) is 0 Å². The molecule has 0 saturated carbocycles. The van der Waals surface area contributed by atoms with E-state index in [2.05, 4.69) is 22.5 Å². The lowest BCUT2D eigenvalue weighted by atomic mass is 10.1. The van der Waals surface area contributed by atoms with Gasteiger partial charge in [-0.05, 0) is 49.2 Å². The monoisotopic (exact) mass is 383 g/mol. The number of nitrogens with zero attached hydrogens (tertiary/aromatic N) is 1. The van der Waals surface area contributed by atoms with Gasteiger partial charge in [0.1, 0.15) is 11.6 Å². The minimum atomic E-state index is -0.316. The normalized spacial score (nSPS) is 10.5. The summed E-state index contributed by atoms with van der Waals surface area (Å²) in [6.07, 6.45) is 12.0. The van der Waals surface area contributed by atoms with Gasteiger partial charge in [0.25, 0.3) is 0 Å². The number of ether oxygens (including phenoxy) is 1. The highest BCUT2D eigenvalue weighted by molar-refractivity contribution is 5.99. The van der Waals surface area contributed by atoms with Gasteiger partial charge in [0.05, 0.1) is 6.61 Å². The molecule has 0 aliphatic heterocycles. The number of pyridine rings is 1. The van der Waals surface area contributed by atoms with E-state index in [1.54, 1.807) is 12.3 Å². The lowest BCUT2D eigenvalue weighted by Gasteiger charge is -2.09. The molecule has 2 aromatic rings. The van der Waals surface area contributed by atoms with Crippen LogP contribution in [0.25, 0.3) is 0 Å². The van der Waals surface area contributed by atoms with E-state index in [0.29, 0.717) is 11.5 Å². The van der Waals surface area contributed by atoms with Gasteiger partial charge >= 0.3 is 6.03 Å². The van der Waals surface area contributed by atoms with Gasteiger partial charge in [0, 0.05) is 11.9 Å². The van der Waals surface area contributed by atoms with E-state index in [4.69, 9.17) is 4.74 Å². The summed E-state index contributed by atoms with van der Waals surface area (Å²) in [5.41, 5.74) is 1.76. The lowest BCUT2D eigenvalue weighted by molar-refractivity contribution is 0.262. The van der Waals surface area contributed by atoms with Crippen molar-refractivity contribution in [2.75, 3.05) is 17.2 Å². The quantitative estimate of drug-likeness (QED) is 0.408. The highest BCUT2D eigenvalue weighted by Crippen LogP contribution is 2.17. The molecule has 2 amide bonds. The zero-order valence-electron chi connectivity index (χ0n) is 17.2. The number of carbonyl (C=O) groups is 1. The van der Waals surface area contributed by atoms with Gasteiger partial charge in [-0.1, -0.05) is 57.9 Å². The van der Waals surface area contributed by atoms with E-state index >= 15 is 0 Å². The molecule has 0 saturated heterocycles. The Morgan fingerprint density at radius 3 is 2.21 bits per heavy atom. The van der Waals surface area contributed by atoms with Crippen LogP contribution in [0.1, 0.15) is 63.9 Å². The summed E-state index contributed by atoms with van der Waals surface area (Å²) in [6, 6.07) is 10.8. The van der Waals surface area contributed by atoms with E-state index < -0.39 is 0 Å². The number of hydrogen-bond acceptors (Lipinski definition) is 3. The van der Waals surface area contributed by atoms with Crippen molar-refractivity contribution >= 4 is 17.5 Å². The molecule has 1 aromatic carbocycles. The van der Waals surface area contributed by atoms with Crippen molar-refractivity contribution in [3.8, 4) is 5.75 Å². The second-order valence-electron chi connectivity index (χ2n) is 7.15. The van der Waals surface area contributed by atoms with Crippen molar-refractivity contribution in [1.82, 2.24) is 4.98 Å². The smallest absolute Gasteiger partial charge is 0.324 e.